The Labute approximate surface area is 216 Å². The van der Waals surface area contributed by atoms with Gasteiger partial charge in [0.05, 0.1) is 37.8 Å². The van der Waals surface area contributed by atoms with E-state index < -0.39 is 23.4 Å². The van der Waals surface area contributed by atoms with Crippen molar-refractivity contribution in [3.63, 3.8) is 0 Å². The van der Waals surface area contributed by atoms with Crippen LogP contribution in [0.15, 0.2) is 49.1 Å². The van der Waals surface area contributed by atoms with Crippen LogP contribution in [0.25, 0.3) is 17.1 Å². The largest absolute Gasteiger partial charge is 0.494 e. The molecule has 0 aliphatic carbocycles. The van der Waals surface area contributed by atoms with E-state index in [9.17, 15) is 13.9 Å². The summed E-state index contributed by atoms with van der Waals surface area (Å²) in [4.78, 5) is 12.7. The molecule has 0 spiro atoms. The van der Waals surface area contributed by atoms with Crippen LogP contribution in [0.3, 0.4) is 0 Å². The number of nitrogens with one attached hydrogen (secondary N) is 1. The predicted molar refractivity (Wildman–Crippen MR) is 136 cm³/mol. The van der Waals surface area contributed by atoms with E-state index in [-0.39, 0.29) is 12.1 Å². The topological polar surface area (TPSA) is 157 Å². The molecule has 3 atom stereocenters. The number of pyridine rings is 1. The van der Waals surface area contributed by atoms with Crippen molar-refractivity contribution in [2.75, 3.05) is 14.2 Å². The summed E-state index contributed by atoms with van der Waals surface area (Å²) in [7, 11) is 3.07. The van der Waals surface area contributed by atoms with E-state index in [0.717, 1.165) is 5.56 Å². The third-order valence-electron chi connectivity index (χ3n) is 5.63. The van der Waals surface area contributed by atoms with Crippen molar-refractivity contribution in [2.24, 2.45) is 0 Å². The molecular weight excluding hydrogens is 498 g/mol. The summed E-state index contributed by atoms with van der Waals surface area (Å²) >= 11 is -2.44. The van der Waals surface area contributed by atoms with Crippen molar-refractivity contribution in [1.29, 1.82) is 0 Å². The summed E-state index contributed by atoms with van der Waals surface area (Å²) in [5, 5.41) is 19.9. The number of hydrogen-bond acceptors (Lipinski definition) is 9. The van der Waals surface area contributed by atoms with Crippen LogP contribution in [0, 0.1) is 13.8 Å². The van der Waals surface area contributed by atoms with Crippen molar-refractivity contribution in [3.8, 4) is 28.6 Å². The molecule has 3 aromatic heterocycles. The van der Waals surface area contributed by atoms with E-state index in [1.807, 2.05) is 13.0 Å². The lowest BCUT2D eigenvalue weighted by Crippen LogP contribution is -2.39. The quantitative estimate of drug-likeness (QED) is 0.262. The van der Waals surface area contributed by atoms with Gasteiger partial charge in [0.15, 0.2) is 5.82 Å². The first-order valence-electron chi connectivity index (χ1n) is 11.2. The maximum Gasteiger partial charge on any atom is 0.232 e. The highest BCUT2D eigenvalue weighted by molar-refractivity contribution is 7.77. The van der Waals surface area contributed by atoms with Crippen LogP contribution in [0.4, 0.5) is 0 Å². The average Bonchev–Trinajstić information content (AvgIpc) is 3.30. The summed E-state index contributed by atoms with van der Waals surface area (Å²) in [5.41, 5.74) is 3.04. The Balaban J connectivity index is 1.88. The lowest BCUT2D eigenvalue weighted by Gasteiger charge is -2.23. The first kappa shape index (κ1) is 26.3. The number of aliphatic hydroxyl groups excluding tert-OH is 1. The molecule has 0 fully saturated rings. The normalized spacial score (nSPS) is 13.7. The molecule has 0 aliphatic rings. The number of benzene rings is 1. The summed E-state index contributed by atoms with van der Waals surface area (Å²) in [6.45, 7) is 3.68. The first-order valence-corrected chi connectivity index (χ1v) is 12.3. The van der Waals surface area contributed by atoms with Gasteiger partial charge in [-0.05, 0) is 37.6 Å². The molecule has 37 heavy (non-hydrogen) atoms. The Morgan fingerprint density at radius 1 is 1.05 bits per heavy atom. The zero-order valence-corrected chi connectivity index (χ0v) is 21.5. The van der Waals surface area contributed by atoms with Gasteiger partial charge < -0.3 is 14.6 Å². The van der Waals surface area contributed by atoms with Gasteiger partial charge in [0.2, 0.25) is 11.3 Å². The highest BCUT2D eigenvalue weighted by atomic mass is 32.2. The van der Waals surface area contributed by atoms with Crippen molar-refractivity contribution in [1.82, 2.24) is 34.4 Å². The van der Waals surface area contributed by atoms with E-state index in [1.54, 1.807) is 42.1 Å². The van der Waals surface area contributed by atoms with Gasteiger partial charge in [0.25, 0.3) is 0 Å². The smallest absolute Gasteiger partial charge is 0.232 e. The summed E-state index contributed by atoms with van der Waals surface area (Å²) < 4.78 is 36.9. The van der Waals surface area contributed by atoms with Crippen LogP contribution < -0.4 is 14.2 Å². The van der Waals surface area contributed by atoms with Crippen LogP contribution in [0.1, 0.15) is 28.9 Å². The fourth-order valence-electron chi connectivity index (χ4n) is 3.91. The van der Waals surface area contributed by atoms with Crippen LogP contribution in [-0.2, 0) is 17.7 Å². The molecule has 0 aliphatic heterocycles. The van der Waals surface area contributed by atoms with Crippen molar-refractivity contribution in [2.45, 2.75) is 32.4 Å². The Kier molecular flexibility index (Phi) is 8.18. The number of ether oxygens (including phenoxy) is 2. The van der Waals surface area contributed by atoms with Gasteiger partial charge >= 0.3 is 0 Å². The molecule has 0 radical (unpaired) electrons. The summed E-state index contributed by atoms with van der Waals surface area (Å²) in [6, 6.07) is 6.27. The van der Waals surface area contributed by atoms with E-state index in [0.29, 0.717) is 40.1 Å². The van der Waals surface area contributed by atoms with Crippen LogP contribution in [0.5, 0.6) is 11.5 Å². The minimum atomic E-state index is -2.44. The third-order valence-corrected chi connectivity index (χ3v) is 6.13. The predicted octanol–water partition coefficient (Wildman–Crippen LogP) is 2.12. The van der Waals surface area contributed by atoms with Crippen molar-refractivity contribution < 1.29 is 23.3 Å². The summed E-state index contributed by atoms with van der Waals surface area (Å²) in [5.74, 6) is 1.79. The number of aromatic nitrogens is 6. The molecule has 0 saturated heterocycles. The second-order valence-corrected chi connectivity index (χ2v) is 8.98. The zero-order valence-electron chi connectivity index (χ0n) is 20.7. The van der Waals surface area contributed by atoms with Gasteiger partial charge in [0.1, 0.15) is 29.1 Å². The highest BCUT2D eigenvalue weighted by Crippen LogP contribution is 2.36. The number of para-hydroxylation sites is 1. The van der Waals surface area contributed by atoms with E-state index in [4.69, 9.17) is 9.47 Å². The zero-order chi connectivity index (χ0) is 26.5. The molecule has 0 saturated carbocycles. The second kappa shape index (κ2) is 11.5. The van der Waals surface area contributed by atoms with E-state index >= 15 is 0 Å². The Hall–Kier alpha value is -3.78. The number of nitrogens with zero attached hydrogens (tertiary/aromatic N) is 6. The van der Waals surface area contributed by atoms with Crippen LogP contribution in [-0.4, -0.2) is 63.8 Å². The van der Waals surface area contributed by atoms with Crippen molar-refractivity contribution >= 4 is 11.3 Å². The Morgan fingerprint density at radius 2 is 1.78 bits per heavy atom. The van der Waals surface area contributed by atoms with Gasteiger partial charge in [-0.15, -0.1) is 10.2 Å². The van der Waals surface area contributed by atoms with Crippen LogP contribution >= 0.6 is 0 Å². The van der Waals surface area contributed by atoms with E-state index in [1.165, 1.54) is 26.6 Å². The molecule has 1 aromatic carbocycles. The van der Waals surface area contributed by atoms with Crippen LogP contribution in [0.2, 0.25) is 0 Å². The lowest BCUT2D eigenvalue weighted by atomic mass is 10.0. The minimum absolute atomic E-state index is 0.0174. The maximum atomic E-state index is 11.8. The number of rotatable bonds is 10. The summed E-state index contributed by atoms with van der Waals surface area (Å²) in [6.07, 6.45) is 5.02. The Morgan fingerprint density at radius 3 is 2.38 bits per heavy atom. The molecular formula is C24H27N7O5S. The molecule has 12 nitrogen and oxygen atoms in total. The third kappa shape index (κ3) is 5.80. The van der Waals surface area contributed by atoms with E-state index in [2.05, 4.69) is 29.9 Å². The molecule has 3 N–H and O–H groups in total. The van der Waals surface area contributed by atoms with Gasteiger partial charge in [-0.25, -0.2) is 8.93 Å². The fraction of sp³-hybridized carbons (Fsp3) is 0.292. The molecule has 0 amide bonds. The average molecular weight is 526 g/mol. The number of aryl methyl sites for hydroxylation is 2. The number of hydrogen-bond donors (Lipinski definition) is 3. The standard InChI is InChI=1S/C24H27N7O5S/c1-14-8-16(12-25-10-14)24-29-28-21(31(24)22-19(35-3)6-5-7-20(22)36-4)9-17(30-37(33)34)23(32)18-13-26-15(2)11-27-18/h5-8,10-13,17,23,30,32H,9H2,1-4H3,(H,33,34)/t17-,23-/m0/s1. The first-order chi connectivity index (χ1) is 17.8. The monoisotopic (exact) mass is 525 g/mol. The van der Waals surface area contributed by atoms with Gasteiger partial charge in [0, 0.05) is 30.6 Å². The molecule has 3 heterocycles. The SMILES string of the molecule is COc1cccc(OC)c1-n1c(C[C@H](NS(=O)O)[C@H](O)c2cnc(C)cn2)nnc1-c1cncc(C)c1. The Bertz CT molecular complexity index is 1370. The molecule has 13 heteroatoms. The minimum Gasteiger partial charge on any atom is -0.494 e. The van der Waals surface area contributed by atoms with Gasteiger partial charge in [-0.3, -0.25) is 24.1 Å². The number of methoxy groups -OCH3 is 2. The van der Waals surface area contributed by atoms with Crippen molar-refractivity contribution in [3.05, 3.63) is 71.8 Å². The molecule has 4 rings (SSSR count). The highest BCUT2D eigenvalue weighted by Gasteiger charge is 2.29. The second-order valence-electron chi connectivity index (χ2n) is 8.24. The molecule has 194 valence electrons. The fourth-order valence-corrected chi connectivity index (χ4v) is 4.38. The molecule has 4 aromatic rings. The maximum absolute atomic E-state index is 11.8. The number of aliphatic hydroxyl groups is 1. The molecule has 0 bridgehead atoms. The molecule has 1 unspecified atom stereocenters. The van der Waals surface area contributed by atoms with Gasteiger partial charge in [-0.2, -0.15) is 0 Å². The van der Waals surface area contributed by atoms with Gasteiger partial charge in [-0.1, -0.05) is 6.07 Å². The lowest BCUT2D eigenvalue weighted by molar-refractivity contribution is 0.132.